The van der Waals surface area contributed by atoms with Crippen LogP contribution < -0.4 is 0 Å². The molecule has 0 aromatic heterocycles. The smallest absolute Gasteiger partial charge is 0.242 e. The van der Waals surface area contributed by atoms with Crippen molar-refractivity contribution >= 4 is 20.8 Å². The Bertz CT molecular complexity index is 1090. The molecule has 1 saturated heterocycles. The summed E-state index contributed by atoms with van der Waals surface area (Å²) in [6.45, 7) is 1.78. The Kier molecular flexibility index (Phi) is 5.23. The first-order chi connectivity index (χ1) is 13.5. The van der Waals surface area contributed by atoms with Crippen LogP contribution in [0.15, 0.2) is 71.6 Å². The minimum absolute atomic E-state index is 0.357. The highest BCUT2D eigenvalue weighted by Crippen LogP contribution is 2.37. The maximum Gasteiger partial charge on any atom is 0.242 e. The lowest BCUT2D eigenvalue weighted by atomic mass is 9.97. The summed E-state index contributed by atoms with van der Waals surface area (Å²) >= 11 is 0. The predicted octanol–water partition coefficient (Wildman–Crippen LogP) is 4.43. The zero-order valence-corrected chi connectivity index (χ0v) is 17.2. The molecule has 3 aromatic rings. The molecule has 0 saturated carbocycles. The summed E-state index contributed by atoms with van der Waals surface area (Å²) in [4.78, 5) is 2.83. The number of likely N-dealkylation sites (tertiary alicyclic amines) is 1. The molecule has 0 aliphatic carbocycles. The van der Waals surface area contributed by atoms with Crippen molar-refractivity contribution in [2.45, 2.75) is 30.3 Å². The van der Waals surface area contributed by atoms with Crippen molar-refractivity contribution in [2.24, 2.45) is 0 Å². The van der Waals surface area contributed by atoms with Gasteiger partial charge in [-0.05, 0) is 53.4 Å². The van der Waals surface area contributed by atoms with Gasteiger partial charge in [0.15, 0.2) is 0 Å². The molecule has 0 bridgehead atoms. The van der Waals surface area contributed by atoms with Crippen molar-refractivity contribution < 1.29 is 8.42 Å². The topological polar surface area (TPSA) is 40.6 Å². The molecule has 146 valence electrons. The van der Waals surface area contributed by atoms with E-state index < -0.39 is 10.0 Å². The van der Waals surface area contributed by atoms with Crippen molar-refractivity contribution in [2.75, 3.05) is 20.6 Å². The molecule has 1 unspecified atom stereocenters. The van der Waals surface area contributed by atoms with Gasteiger partial charge in [0.25, 0.3) is 0 Å². The summed E-state index contributed by atoms with van der Waals surface area (Å²) in [5.74, 6) is 0. The summed E-state index contributed by atoms with van der Waals surface area (Å²) in [6.07, 6.45) is 2.28. The van der Waals surface area contributed by atoms with Crippen molar-refractivity contribution in [3.05, 3.63) is 77.9 Å². The Morgan fingerprint density at radius 3 is 2.57 bits per heavy atom. The van der Waals surface area contributed by atoms with Gasteiger partial charge in [-0.2, -0.15) is 0 Å². The number of fused-ring (bicyclic) bond motifs is 1. The second-order valence-electron chi connectivity index (χ2n) is 7.63. The fraction of sp³-hybridized carbons (Fsp3) is 0.304. The molecule has 0 spiro atoms. The number of benzene rings is 3. The highest BCUT2D eigenvalue weighted by Gasteiger charge is 2.27. The van der Waals surface area contributed by atoms with Gasteiger partial charge in [0.2, 0.25) is 10.0 Å². The van der Waals surface area contributed by atoms with E-state index in [9.17, 15) is 8.42 Å². The quantitative estimate of drug-likeness (QED) is 0.643. The third-order valence-electron chi connectivity index (χ3n) is 5.61. The van der Waals surface area contributed by atoms with E-state index in [0.717, 1.165) is 31.5 Å². The van der Waals surface area contributed by atoms with E-state index >= 15 is 0 Å². The number of hydrogen-bond donors (Lipinski definition) is 0. The maximum absolute atomic E-state index is 12.5. The molecule has 1 aliphatic heterocycles. The molecule has 1 atom stereocenters. The number of hydrogen-bond acceptors (Lipinski definition) is 3. The first-order valence-corrected chi connectivity index (χ1v) is 11.1. The molecular formula is C23H26N2O2S. The van der Waals surface area contributed by atoms with E-state index in [1.54, 1.807) is 20.2 Å². The van der Waals surface area contributed by atoms with Gasteiger partial charge in [0.1, 0.15) is 0 Å². The van der Waals surface area contributed by atoms with Crippen LogP contribution in [0.25, 0.3) is 10.8 Å². The minimum Gasteiger partial charge on any atom is -0.292 e. The zero-order valence-electron chi connectivity index (χ0n) is 16.4. The Balaban J connectivity index is 1.63. The Hall–Kier alpha value is -2.21. The average molecular weight is 395 g/mol. The van der Waals surface area contributed by atoms with E-state index in [1.165, 1.54) is 20.6 Å². The standard InChI is InChI=1S/C23H26N2O2S/c1-24(2)28(26,27)20-11-5-8-18(16-20)17-25-15-7-14-23(25)22-13-6-10-19-9-3-4-12-21(19)22/h3-6,8-13,16,23H,7,14-15,17H2,1-2H3. The van der Waals surface area contributed by atoms with E-state index in [4.69, 9.17) is 0 Å². The summed E-state index contributed by atoms with van der Waals surface area (Å²) in [7, 11) is -0.276. The number of sulfonamides is 1. The van der Waals surface area contributed by atoms with Gasteiger partial charge >= 0.3 is 0 Å². The van der Waals surface area contributed by atoms with Crippen LogP contribution in [-0.4, -0.2) is 38.3 Å². The average Bonchev–Trinajstić information content (AvgIpc) is 3.15. The maximum atomic E-state index is 12.5. The lowest BCUT2D eigenvalue weighted by Gasteiger charge is -2.26. The molecule has 1 fully saturated rings. The van der Waals surface area contributed by atoms with Crippen molar-refractivity contribution in [1.29, 1.82) is 0 Å². The van der Waals surface area contributed by atoms with E-state index in [1.807, 2.05) is 18.2 Å². The first-order valence-electron chi connectivity index (χ1n) is 9.70. The first kappa shape index (κ1) is 19.1. The van der Waals surface area contributed by atoms with Gasteiger partial charge in [-0.3, -0.25) is 4.90 Å². The number of nitrogens with zero attached hydrogens (tertiary/aromatic N) is 2. The molecule has 28 heavy (non-hydrogen) atoms. The SMILES string of the molecule is CN(C)S(=O)(=O)c1cccc(CN2CCCC2c2cccc3ccccc23)c1. The van der Waals surface area contributed by atoms with Gasteiger partial charge in [-0.1, -0.05) is 54.6 Å². The fourth-order valence-corrected chi connectivity index (χ4v) is 5.13. The lowest BCUT2D eigenvalue weighted by molar-refractivity contribution is 0.249. The van der Waals surface area contributed by atoms with Gasteiger partial charge in [0.05, 0.1) is 4.90 Å². The largest absolute Gasteiger partial charge is 0.292 e. The van der Waals surface area contributed by atoms with E-state index in [-0.39, 0.29) is 0 Å². The van der Waals surface area contributed by atoms with Gasteiger partial charge in [0, 0.05) is 26.7 Å². The molecule has 1 heterocycles. The number of rotatable bonds is 5. The lowest BCUT2D eigenvalue weighted by Crippen LogP contribution is -2.24. The van der Waals surface area contributed by atoms with Crippen molar-refractivity contribution in [3.8, 4) is 0 Å². The molecular weight excluding hydrogens is 368 g/mol. The van der Waals surface area contributed by atoms with E-state index in [0.29, 0.717) is 10.9 Å². The highest BCUT2D eigenvalue weighted by atomic mass is 32.2. The molecule has 1 aliphatic rings. The normalized spacial score (nSPS) is 18.2. The van der Waals surface area contributed by atoms with Crippen molar-refractivity contribution in [1.82, 2.24) is 9.21 Å². The Morgan fingerprint density at radius 2 is 1.75 bits per heavy atom. The van der Waals surface area contributed by atoms with Crippen LogP contribution in [0.3, 0.4) is 0 Å². The van der Waals surface area contributed by atoms with Crippen LogP contribution in [-0.2, 0) is 16.6 Å². The van der Waals surface area contributed by atoms with Crippen LogP contribution in [0.4, 0.5) is 0 Å². The zero-order chi connectivity index (χ0) is 19.7. The Morgan fingerprint density at radius 1 is 1.00 bits per heavy atom. The molecule has 0 amide bonds. The minimum atomic E-state index is -3.41. The molecule has 0 N–H and O–H groups in total. The van der Waals surface area contributed by atoms with Crippen LogP contribution in [0, 0.1) is 0 Å². The second-order valence-corrected chi connectivity index (χ2v) is 9.78. The summed E-state index contributed by atoms with van der Waals surface area (Å²) < 4.78 is 26.2. The summed E-state index contributed by atoms with van der Waals surface area (Å²) in [6, 6.07) is 22.8. The van der Waals surface area contributed by atoms with Crippen LogP contribution >= 0.6 is 0 Å². The predicted molar refractivity (Wildman–Crippen MR) is 114 cm³/mol. The van der Waals surface area contributed by atoms with Gasteiger partial charge < -0.3 is 0 Å². The van der Waals surface area contributed by atoms with Crippen LogP contribution in [0.1, 0.15) is 30.0 Å². The van der Waals surface area contributed by atoms with Crippen LogP contribution in [0.5, 0.6) is 0 Å². The second kappa shape index (κ2) is 7.66. The summed E-state index contributed by atoms with van der Waals surface area (Å²) in [5, 5.41) is 2.58. The molecule has 4 nitrogen and oxygen atoms in total. The van der Waals surface area contributed by atoms with Gasteiger partial charge in [-0.15, -0.1) is 0 Å². The molecule has 0 radical (unpaired) electrons. The molecule has 3 aromatic carbocycles. The summed E-state index contributed by atoms with van der Waals surface area (Å²) in [5.41, 5.74) is 2.41. The Labute approximate surface area is 167 Å². The fourth-order valence-electron chi connectivity index (χ4n) is 4.16. The molecule has 4 rings (SSSR count). The third kappa shape index (κ3) is 3.58. The van der Waals surface area contributed by atoms with Crippen molar-refractivity contribution in [3.63, 3.8) is 0 Å². The highest BCUT2D eigenvalue weighted by molar-refractivity contribution is 7.89. The van der Waals surface area contributed by atoms with Crippen LogP contribution in [0.2, 0.25) is 0 Å². The van der Waals surface area contributed by atoms with Gasteiger partial charge in [-0.25, -0.2) is 12.7 Å². The third-order valence-corrected chi connectivity index (χ3v) is 7.42. The monoisotopic (exact) mass is 394 g/mol. The van der Waals surface area contributed by atoms with E-state index in [2.05, 4.69) is 47.4 Å². The molecule has 5 heteroatoms.